The van der Waals surface area contributed by atoms with Crippen molar-refractivity contribution in [2.75, 3.05) is 5.32 Å². The number of aliphatic imine (C=N–C) groups is 1. The number of para-hydroxylation sites is 1. The lowest BCUT2D eigenvalue weighted by molar-refractivity contribution is 0.703. The number of benzene rings is 1. The Morgan fingerprint density at radius 1 is 1.24 bits per heavy atom. The number of anilines is 1. The highest BCUT2D eigenvalue weighted by Crippen LogP contribution is 2.16. The summed E-state index contributed by atoms with van der Waals surface area (Å²) in [5.41, 5.74) is 10.4. The fraction of sp³-hybridized carbons (Fsp3) is 0.375. The second-order valence-corrected chi connectivity index (χ2v) is 4.90. The molecule has 0 spiro atoms. The third kappa shape index (κ3) is 3.62. The SMILES string of the molecule is CCc1nn(C)c(CC)c1CN=C(N)Nc1ccccc1. The van der Waals surface area contributed by atoms with E-state index in [1.807, 2.05) is 42.1 Å². The standard InChI is InChI=1S/C16H23N5/c1-4-14-13(15(5-2)21(3)20-14)11-18-16(17)19-12-9-7-6-8-10-12/h6-10H,4-5,11H2,1-3H3,(H3,17,18,19). The molecule has 0 aliphatic heterocycles. The first-order valence-corrected chi connectivity index (χ1v) is 7.31. The van der Waals surface area contributed by atoms with Gasteiger partial charge in [-0.1, -0.05) is 32.0 Å². The zero-order valence-corrected chi connectivity index (χ0v) is 12.9. The molecule has 5 heteroatoms. The van der Waals surface area contributed by atoms with E-state index in [1.165, 1.54) is 11.3 Å². The summed E-state index contributed by atoms with van der Waals surface area (Å²) in [5.74, 6) is 0.425. The van der Waals surface area contributed by atoms with Crippen LogP contribution in [0.4, 0.5) is 5.69 Å². The van der Waals surface area contributed by atoms with Crippen LogP contribution < -0.4 is 11.1 Å². The van der Waals surface area contributed by atoms with Gasteiger partial charge in [0.05, 0.1) is 12.2 Å². The number of aryl methyl sites for hydroxylation is 2. The van der Waals surface area contributed by atoms with Crippen LogP contribution in [0.3, 0.4) is 0 Å². The van der Waals surface area contributed by atoms with E-state index in [4.69, 9.17) is 5.73 Å². The monoisotopic (exact) mass is 285 g/mol. The molecule has 2 rings (SSSR count). The van der Waals surface area contributed by atoms with Crippen molar-refractivity contribution in [3.05, 3.63) is 47.3 Å². The first-order valence-electron chi connectivity index (χ1n) is 7.31. The molecule has 0 bridgehead atoms. The molecule has 0 saturated carbocycles. The smallest absolute Gasteiger partial charge is 0.193 e. The van der Waals surface area contributed by atoms with Crippen LogP contribution in [0.15, 0.2) is 35.3 Å². The van der Waals surface area contributed by atoms with Crippen LogP contribution >= 0.6 is 0 Å². The maximum Gasteiger partial charge on any atom is 0.193 e. The summed E-state index contributed by atoms with van der Waals surface area (Å²) in [4.78, 5) is 4.45. The minimum absolute atomic E-state index is 0.425. The van der Waals surface area contributed by atoms with E-state index in [1.54, 1.807) is 0 Å². The lowest BCUT2D eigenvalue weighted by Gasteiger charge is -2.06. The summed E-state index contributed by atoms with van der Waals surface area (Å²) < 4.78 is 1.95. The fourth-order valence-electron chi connectivity index (χ4n) is 2.45. The average molecular weight is 285 g/mol. The minimum atomic E-state index is 0.425. The van der Waals surface area contributed by atoms with Crippen LogP contribution in [0.2, 0.25) is 0 Å². The van der Waals surface area contributed by atoms with Crippen LogP contribution in [0.1, 0.15) is 30.8 Å². The number of guanidine groups is 1. The third-order valence-corrected chi connectivity index (χ3v) is 3.48. The Labute approximate surface area is 125 Å². The Morgan fingerprint density at radius 3 is 2.57 bits per heavy atom. The summed E-state index contributed by atoms with van der Waals surface area (Å²) in [6.45, 7) is 4.81. The average Bonchev–Trinajstić information content (AvgIpc) is 2.81. The normalized spacial score (nSPS) is 11.7. The Kier molecular flexibility index (Phi) is 4.98. The van der Waals surface area contributed by atoms with Crippen LogP contribution in [0.25, 0.3) is 0 Å². The van der Waals surface area contributed by atoms with Crippen molar-refractivity contribution in [1.29, 1.82) is 0 Å². The fourth-order valence-corrected chi connectivity index (χ4v) is 2.45. The number of hydrogen-bond donors (Lipinski definition) is 2. The minimum Gasteiger partial charge on any atom is -0.370 e. The van der Waals surface area contributed by atoms with Gasteiger partial charge in [0.15, 0.2) is 5.96 Å². The Morgan fingerprint density at radius 2 is 1.95 bits per heavy atom. The second kappa shape index (κ2) is 6.92. The highest BCUT2D eigenvalue weighted by molar-refractivity contribution is 5.92. The summed E-state index contributed by atoms with van der Waals surface area (Å²) in [5, 5.41) is 7.64. The van der Waals surface area contributed by atoms with Gasteiger partial charge in [0.25, 0.3) is 0 Å². The van der Waals surface area contributed by atoms with E-state index in [2.05, 4.69) is 29.3 Å². The van der Waals surface area contributed by atoms with Crippen molar-refractivity contribution in [3.63, 3.8) is 0 Å². The summed E-state index contributed by atoms with van der Waals surface area (Å²) in [6, 6.07) is 9.81. The van der Waals surface area contributed by atoms with E-state index >= 15 is 0 Å². The molecule has 0 aliphatic rings. The van der Waals surface area contributed by atoms with E-state index in [9.17, 15) is 0 Å². The summed E-state index contributed by atoms with van der Waals surface area (Å²) in [7, 11) is 1.98. The molecule has 0 fully saturated rings. The number of nitrogens with one attached hydrogen (secondary N) is 1. The molecule has 0 radical (unpaired) electrons. The molecule has 0 unspecified atom stereocenters. The number of nitrogens with zero attached hydrogens (tertiary/aromatic N) is 3. The van der Waals surface area contributed by atoms with Crippen molar-refractivity contribution in [3.8, 4) is 0 Å². The summed E-state index contributed by atoms with van der Waals surface area (Å²) in [6.07, 6.45) is 1.85. The number of aromatic nitrogens is 2. The van der Waals surface area contributed by atoms with Gasteiger partial charge in [0.2, 0.25) is 0 Å². The van der Waals surface area contributed by atoms with Crippen LogP contribution in [-0.4, -0.2) is 15.7 Å². The third-order valence-electron chi connectivity index (χ3n) is 3.48. The van der Waals surface area contributed by atoms with Crippen molar-refractivity contribution < 1.29 is 0 Å². The van der Waals surface area contributed by atoms with Crippen LogP contribution in [0.5, 0.6) is 0 Å². The van der Waals surface area contributed by atoms with Gasteiger partial charge >= 0.3 is 0 Å². The number of rotatable bonds is 5. The van der Waals surface area contributed by atoms with Crippen LogP contribution in [-0.2, 0) is 26.4 Å². The highest BCUT2D eigenvalue weighted by atomic mass is 15.3. The van der Waals surface area contributed by atoms with E-state index in [0.717, 1.165) is 24.2 Å². The van der Waals surface area contributed by atoms with Crippen molar-refractivity contribution in [1.82, 2.24) is 9.78 Å². The van der Waals surface area contributed by atoms with Gasteiger partial charge in [-0.15, -0.1) is 0 Å². The molecule has 112 valence electrons. The van der Waals surface area contributed by atoms with Gasteiger partial charge in [0, 0.05) is 24.0 Å². The first-order chi connectivity index (χ1) is 10.2. The molecular weight excluding hydrogens is 262 g/mol. The molecular formula is C16H23N5. The van der Waals surface area contributed by atoms with Crippen molar-refractivity contribution in [2.45, 2.75) is 33.2 Å². The second-order valence-electron chi connectivity index (χ2n) is 4.90. The van der Waals surface area contributed by atoms with Gasteiger partial charge in [-0.05, 0) is 25.0 Å². The molecule has 5 nitrogen and oxygen atoms in total. The lowest BCUT2D eigenvalue weighted by atomic mass is 10.1. The Balaban J connectivity index is 2.13. The molecule has 0 aliphatic carbocycles. The predicted molar refractivity (Wildman–Crippen MR) is 87.4 cm³/mol. The molecule has 1 heterocycles. The predicted octanol–water partition coefficient (Wildman–Crippen LogP) is 2.47. The quantitative estimate of drug-likeness (QED) is 0.655. The number of hydrogen-bond acceptors (Lipinski definition) is 2. The Hall–Kier alpha value is -2.30. The van der Waals surface area contributed by atoms with Gasteiger partial charge in [0.1, 0.15) is 0 Å². The zero-order valence-electron chi connectivity index (χ0n) is 12.9. The molecule has 0 saturated heterocycles. The van der Waals surface area contributed by atoms with E-state index in [-0.39, 0.29) is 0 Å². The van der Waals surface area contributed by atoms with Crippen molar-refractivity contribution >= 4 is 11.6 Å². The maximum absolute atomic E-state index is 5.96. The Bertz CT molecular complexity index is 613. The molecule has 1 aromatic heterocycles. The van der Waals surface area contributed by atoms with Gasteiger partial charge in [-0.3, -0.25) is 4.68 Å². The summed E-state index contributed by atoms with van der Waals surface area (Å²) >= 11 is 0. The topological polar surface area (TPSA) is 68.2 Å². The largest absolute Gasteiger partial charge is 0.370 e. The van der Waals surface area contributed by atoms with Gasteiger partial charge in [-0.2, -0.15) is 5.10 Å². The lowest BCUT2D eigenvalue weighted by Crippen LogP contribution is -2.22. The molecule has 1 aromatic carbocycles. The zero-order chi connectivity index (χ0) is 15.2. The van der Waals surface area contributed by atoms with Crippen LogP contribution in [0, 0.1) is 0 Å². The molecule has 3 N–H and O–H groups in total. The molecule has 2 aromatic rings. The molecule has 0 amide bonds. The molecule has 0 atom stereocenters. The maximum atomic E-state index is 5.96. The van der Waals surface area contributed by atoms with Crippen molar-refractivity contribution in [2.24, 2.45) is 17.8 Å². The highest BCUT2D eigenvalue weighted by Gasteiger charge is 2.12. The number of nitrogens with two attached hydrogens (primary N) is 1. The van der Waals surface area contributed by atoms with Gasteiger partial charge in [-0.25, -0.2) is 4.99 Å². The van der Waals surface area contributed by atoms with Gasteiger partial charge < -0.3 is 11.1 Å². The van der Waals surface area contributed by atoms with E-state index in [0.29, 0.717) is 12.5 Å². The first kappa shape index (κ1) is 15.1. The molecule has 21 heavy (non-hydrogen) atoms. The van der Waals surface area contributed by atoms with E-state index < -0.39 is 0 Å².